The molecule has 1 aromatic carbocycles. The highest BCUT2D eigenvalue weighted by molar-refractivity contribution is 6.59. The van der Waals surface area contributed by atoms with Crippen LogP contribution in [0, 0.1) is 6.92 Å². The van der Waals surface area contributed by atoms with Crippen LogP contribution in [0.4, 0.5) is 0 Å². The average Bonchev–Trinajstić information content (AvgIpc) is 2.20. The first-order valence-corrected chi connectivity index (χ1v) is 4.82. The first-order chi connectivity index (χ1) is 7.15. The summed E-state index contributed by atoms with van der Waals surface area (Å²) in [6, 6.07) is 5.21. The lowest BCUT2D eigenvalue weighted by atomic mass is 9.79. The van der Waals surface area contributed by atoms with E-state index in [0.29, 0.717) is 17.8 Å². The average molecular weight is 210 g/mol. The van der Waals surface area contributed by atoms with Gasteiger partial charge in [-0.1, -0.05) is 17.7 Å². The maximum Gasteiger partial charge on any atom is 0.492 e. The van der Waals surface area contributed by atoms with E-state index >= 15 is 0 Å². The molecule has 0 saturated carbocycles. The molecule has 4 nitrogen and oxygen atoms in total. The molecule has 0 unspecified atom stereocenters. The fourth-order valence-corrected chi connectivity index (χ4v) is 1.19. The Kier molecular flexibility index (Phi) is 4.61. The van der Waals surface area contributed by atoms with Gasteiger partial charge in [0.25, 0.3) is 0 Å². The van der Waals surface area contributed by atoms with Gasteiger partial charge in [0.1, 0.15) is 5.75 Å². The van der Waals surface area contributed by atoms with Crippen molar-refractivity contribution >= 4 is 12.6 Å². The van der Waals surface area contributed by atoms with Gasteiger partial charge in [-0.15, -0.1) is 0 Å². The van der Waals surface area contributed by atoms with Crippen molar-refractivity contribution < 1.29 is 19.5 Å². The van der Waals surface area contributed by atoms with E-state index < -0.39 is 7.12 Å². The lowest BCUT2D eigenvalue weighted by Gasteiger charge is -2.11. The minimum Gasteiger partial charge on any atom is -0.468 e. The number of rotatable bonds is 5. The molecule has 1 rings (SSSR count). The van der Waals surface area contributed by atoms with Gasteiger partial charge in [-0.3, -0.25) is 0 Å². The maximum absolute atomic E-state index is 9.12. The van der Waals surface area contributed by atoms with E-state index in [4.69, 9.17) is 19.5 Å². The van der Waals surface area contributed by atoms with E-state index in [2.05, 4.69) is 0 Å². The Balaban J connectivity index is 2.77. The summed E-state index contributed by atoms with van der Waals surface area (Å²) in [5.74, 6) is 0.434. The maximum atomic E-state index is 9.12. The lowest BCUT2D eigenvalue weighted by Crippen LogP contribution is -2.32. The SMILES string of the molecule is CCOCOc1ccc(C)cc1B(O)O. The van der Waals surface area contributed by atoms with Crippen LogP contribution in [0.3, 0.4) is 0 Å². The standard InChI is InChI=1S/C10H15BO4/c1-3-14-7-15-10-5-4-8(2)6-9(10)11(12)13/h4-6,12-13H,3,7H2,1-2H3. The summed E-state index contributed by atoms with van der Waals surface area (Å²) < 4.78 is 10.3. The van der Waals surface area contributed by atoms with Gasteiger partial charge in [0.05, 0.1) is 0 Å². The van der Waals surface area contributed by atoms with Crippen LogP contribution in [0.1, 0.15) is 12.5 Å². The predicted molar refractivity (Wildman–Crippen MR) is 58.1 cm³/mol. The number of benzene rings is 1. The summed E-state index contributed by atoms with van der Waals surface area (Å²) in [4.78, 5) is 0. The second-order valence-electron chi connectivity index (χ2n) is 3.17. The van der Waals surface area contributed by atoms with Gasteiger partial charge in [0.15, 0.2) is 6.79 Å². The third kappa shape index (κ3) is 3.55. The van der Waals surface area contributed by atoms with E-state index in [-0.39, 0.29) is 6.79 Å². The predicted octanol–water partition coefficient (Wildman–Crippen LogP) is 0.0476. The molecule has 0 aromatic heterocycles. The molecule has 0 radical (unpaired) electrons. The summed E-state index contributed by atoms with van der Waals surface area (Å²) in [5, 5.41) is 18.2. The third-order valence-electron chi connectivity index (χ3n) is 1.95. The van der Waals surface area contributed by atoms with Gasteiger partial charge in [0, 0.05) is 12.1 Å². The first kappa shape index (κ1) is 12.0. The van der Waals surface area contributed by atoms with E-state index in [9.17, 15) is 0 Å². The zero-order chi connectivity index (χ0) is 11.3. The zero-order valence-electron chi connectivity index (χ0n) is 8.93. The molecule has 0 bridgehead atoms. The van der Waals surface area contributed by atoms with Gasteiger partial charge in [-0.25, -0.2) is 0 Å². The van der Waals surface area contributed by atoms with Gasteiger partial charge >= 0.3 is 7.12 Å². The van der Waals surface area contributed by atoms with Crippen molar-refractivity contribution in [2.45, 2.75) is 13.8 Å². The second-order valence-corrected chi connectivity index (χ2v) is 3.17. The van der Waals surface area contributed by atoms with Crippen LogP contribution >= 0.6 is 0 Å². The largest absolute Gasteiger partial charge is 0.492 e. The fraction of sp³-hybridized carbons (Fsp3) is 0.400. The van der Waals surface area contributed by atoms with Crippen LogP contribution in [-0.4, -0.2) is 30.6 Å². The molecule has 0 amide bonds. The molecule has 0 saturated heterocycles. The highest BCUT2D eigenvalue weighted by Crippen LogP contribution is 2.09. The number of hydrogen-bond donors (Lipinski definition) is 2. The third-order valence-corrected chi connectivity index (χ3v) is 1.95. The summed E-state index contributed by atoms with van der Waals surface area (Å²) in [6.07, 6.45) is 0. The Morgan fingerprint density at radius 2 is 2.07 bits per heavy atom. The summed E-state index contributed by atoms with van der Waals surface area (Å²) in [6.45, 7) is 4.40. The van der Waals surface area contributed by atoms with Crippen LogP contribution in [0.15, 0.2) is 18.2 Å². The van der Waals surface area contributed by atoms with E-state index in [1.165, 1.54) is 0 Å². The topological polar surface area (TPSA) is 58.9 Å². The van der Waals surface area contributed by atoms with Crippen LogP contribution < -0.4 is 10.2 Å². The van der Waals surface area contributed by atoms with Crippen LogP contribution in [0.5, 0.6) is 5.75 Å². The van der Waals surface area contributed by atoms with Gasteiger partial charge < -0.3 is 19.5 Å². The summed E-state index contributed by atoms with van der Waals surface area (Å²) >= 11 is 0. The van der Waals surface area contributed by atoms with E-state index in [0.717, 1.165) is 5.56 Å². The molecule has 15 heavy (non-hydrogen) atoms. The van der Waals surface area contributed by atoms with E-state index in [1.807, 2.05) is 19.9 Å². The van der Waals surface area contributed by atoms with Crippen molar-refractivity contribution in [1.29, 1.82) is 0 Å². The molecule has 5 heteroatoms. The minimum absolute atomic E-state index is 0.110. The Bertz CT molecular complexity index is 314. The Labute approximate surface area is 89.6 Å². The molecule has 0 atom stereocenters. The summed E-state index contributed by atoms with van der Waals surface area (Å²) in [7, 11) is -1.53. The smallest absolute Gasteiger partial charge is 0.468 e. The molecule has 1 aromatic rings. The first-order valence-electron chi connectivity index (χ1n) is 4.82. The fourth-order valence-electron chi connectivity index (χ4n) is 1.19. The molecule has 82 valence electrons. The molecule has 0 aliphatic rings. The minimum atomic E-state index is -1.53. The normalized spacial score (nSPS) is 10.1. The molecule has 0 aliphatic carbocycles. The van der Waals surface area contributed by atoms with Gasteiger partial charge in [0.2, 0.25) is 0 Å². The number of hydrogen-bond acceptors (Lipinski definition) is 4. The Morgan fingerprint density at radius 1 is 1.33 bits per heavy atom. The van der Waals surface area contributed by atoms with Crippen molar-refractivity contribution in [1.82, 2.24) is 0 Å². The lowest BCUT2D eigenvalue weighted by molar-refractivity contribution is 0.0229. The van der Waals surface area contributed by atoms with Crippen molar-refractivity contribution in [3.63, 3.8) is 0 Å². The molecule has 2 N–H and O–H groups in total. The van der Waals surface area contributed by atoms with Crippen molar-refractivity contribution in [3.05, 3.63) is 23.8 Å². The van der Waals surface area contributed by atoms with Crippen molar-refractivity contribution in [2.75, 3.05) is 13.4 Å². The monoisotopic (exact) mass is 210 g/mol. The highest BCUT2D eigenvalue weighted by atomic mass is 16.7. The van der Waals surface area contributed by atoms with Crippen LogP contribution in [-0.2, 0) is 4.74 Å². The second kappa shape index (κ2) is 5.75. The zero-order valence-corrected chi connectivity index (χ0v) is 8.93. The Hall–Kier alpha value is -1.04. The summed E-state index contributed by atoms with van der Waals surface area (Å²) in [5.41, 5.74) is 1.30. The van der Waals surface area contributed by atoms with Crippen LogP contribution in [0.2, 0.25) is 0 Å². The van der Waals surface area contributed by atoms with Gasteiger partial charge in [-0.05, 0) is 19.9 Å². The highest BCUT2D eigenvalue weighted by Gasteiger charge is 2.17. The molecule has 0 aliphatic heterocycles. The van der Waals surface area contributed by atoms with E-state index in [1.54, 1.807) is 12.1 Å². The quantitative estimate of drug-likeness (QED) is 0.409. The number of aryl methyl sites for hydroxylation is 1. The van der Waals surface area contributed by atoms with Crippen molar-refractivity contribution in [2.24, 2.45) is 0 Å². The van der Waals surface area contributed by atoms with Crippen LogP contribution in [0.25, 0.3) is 0 Å². The van der Waals surface area contributed by atoms with Gasteiger partial charge in [-0.2, -0.15) is 0 Å². The Morgan fingerprint density at radius 3 is 2.67 bits per heavy atom. The molecule has 0 heterocycles. The number of ether oxygens (including phenoxy) is 2. The molecular formula is C10H15BO4. The molecule has 0 spiro atoms. The van der Waals surface area contributed by atoms with Crippen molar-refractivity contribution in [3.8, 4) is 5.75 Å². The molecular weight excluding hydrogens is 195 g/mol. The molecule has 0 fully saturated rings.